The van der Waals surface area contributed by atoms with Crippen molar-refractivity contribution in [3.05, 3.63) is 59.7 Å². The number of rotatable bonds is 4. The van der Waals surface area contributed by atoms with Crippen LogP contribution in [0.3, 0.4) is 0 Å². The van der Waals surface area contributed by atoms with E-state index in [4.69, 9.17) is 9.05 Å². The van der Waals surface area contributed by atoms with Gasteiger partial charge in [0.15, 0.2) is 0 Å². The van der Waals surface area contributed by atoms with Crippen LogP contribution in [-0.2, 0) is 15.4 Å². The van der Waals surface area contributed by atoms with Gasteiger partial charge in [0.05, 0.1) is 0 Å². The third-order valence-electron chi connectivity index (χ3n) is 3.88. The van der Waals surface area contributed by atoms with Gasteiger partial charge >= 0.3 is 26.7 Å². The Morgan fingerprint density at radius 2 is 0.962 bits per heavy atom. The van der Waals surface area contributed by atoms with Gasteiger partial charge in [-0.1, -0.05) is 65.8 Å². The quantitative estimate of drug-likeness (QED) is 0.594. The van der Waals surface area contributed by atoms with Gasteiger partial charge in [-0.3, -0.25) is 4.89 Å². The minimum absolute atomic E-state index is 0. The van der Waals surface area contributed by atoms with Crippen molar-refractivity contribution in [1.82, 2.24) is 0 Å². The van der Waals surface area contributed by atoms with Crippen LogP contribution in [0.15, 0.2) is 48.5 Å². The molecule has 2 aromatic rings. The number of benzene rings is 2. The molecule has 0 radical (unpaired) electrons. The summed E-state index contributed by atoms with van der Waals surface area (Å²) < 4.78 is 22.5. The van der Waals surface area contributed by atoms with E-state index >= 15 is 0 Å². The van der Waals surface area contributed by atoms with Gasteiger partial charge in [-0.25, -0.2) is 4.57 Å². The molecule has 0 bridgehead atoms. The summed E-state index contributed by atoms with van der Waals surface area (Å²) in [4.78, 5) is 9.99. The van der Waals surface area contributed by atoms with Crippen molar-refractivity contribution in [2.75, 3.05) is 0 Å². The van der Waals surface area contributed by atoms with Gasteiger partial charge in [-0.2, -0.15) is 0 Å². The van der Waals surface area contributed by atoms with E-state index in [9.17, 15) is 9.46 Å². The van der Waals surface area contributed by atoms with Crippen LogP contribution in [0, 0.1) is 0 Å². The molecule has 0 saturated carbocycles. The van der Waals surface area contributed by atoms with Crippen molar-refractivity contribution in [3.8, 4) is 11.5 Å². The van der Waals surface area contributed by atoms with Crippen LogP contribution in [0.25, 0.3) is 0 Å². The number of phosphoric acid groups is 1. The molecule has 4 nitrogen and oxygen atoms in total. The second-order valence-corrected chi connectivity index (χ2v) is 9.50. The first-order valence-corrected chi connectivity index (χ1v) is 9.79. The standard InChI is InChI=1S/C20H27O4P.Li.H/c1-19(2,3)15-7-11-17(12-8-15)23-25(21,22)24-18-13-9-16(10-14-18)20(4,5)6;;/h7-14H,1-6H3,(H,21,22);;. The topological polar surface area (TPSA) is 55.8 Å². The first-order valence-electron chi connectivity index (χ1n) is 8.30. The molecule has 1 N–H and O–H groups in total. The first kappa shape index (κ1) is 22.9. The van der Waals surface area contributed by atoms with Crippen LogP contribution in [0.5, 0.6) is 11.5 Å². The normalized spacial score (nSPS) is 12.3. The van der Waals surface area contributed by atoms with Crippen LogP contribution in [-0.4, -0.2) is 23.8 Å². The van der Waals surface area contributed by atoms with Gasteiger partial charge in [0.1, 0.15) is 11.5 Å². The Hall–Kier alpha value is -1.17. The van der Waals surface area contributed by atoms with Crippen molar-refractivity contribution in [3.63, 3.8) is 0 Å². The maximum atomic E-state index is 12.2. The molecule has 0 atom stereocenters. The molecule has 0 saturated heterocycles. The molecular weight excluding hydrogens is 342 g/mol. The van der Waals surface area contributed by atoms with Gasteiger partial charge in [-0.05, 0) is 46.2 Å². The van der Waals surface area contributed by atoms with Crippen LogP contribution < -0.4 is 9.05 Å². The van der Waals surface area contributed by atoms with Gasteiger partial charge < -0.3 is 9.05 Å². The van der Waals surface area contributed by atoms with E-state index in [0.717, 1.165) is 11.1 Å². The van der Waals surface area contributed by atoms with Gasteiger partial charge in [0.25, 0.3) is 0 Å². The SMILES string of the molecule is CC(C)(C)c1ccc(OP(=O)(O)Oc2ccc(C(C)(C)C)cc2)cc1.[LiH]. The van der Waals surface area contributed by atoms with E-state index in [2.05, 4.69) is 41.5 Å². The molecule has 6 heteroatoms. The molecule has 0 heterocycles. The Labute approximate surface area is 168 Å². The molecule has 26 heavy (non-hydrogen) atoms. The van der Waals surface area contributed by atoms with Crippen molar-refractivity contribution in [1.29, 1.82) is 0 Å². The summed E-state index contributed by atoms with van der Waals surface area (Å²) in [5.41, 5.74) is 2.25. The fraction of sp³-hybridized carbons (Fsp3) is 0.400. The summed E-state index contributed by atoms with van der Waals surface area (Å²) in [7, 11) is -4.25. The summed E-state index contributed by atoms with van der Waals surface area (Å²) in [6, 6.07) is 14.2. The second-order valence-electron chi connectivity index (χ2n) is 8.20. The van der Waals surface area contributed by atoms with Crippen molar-refractivity contribution in [2.45, 2.75) is 52.4 Å². The van der Waals surface area contributed by atoms with Gasteiger partial charge in [0, 0.05) is 0 Å². The Kier molecular flexibility index (Phi) is 7.24. The van der Waals surface area contributed by atoms with Crippen molar-refractivity contribution < 1.29 is 18.5 Å². The van der Waals surface area contributed by atoms with E-state index in [1.54, 1.807) is 24.3 Å². The molecule has 2 aromatic carbocycles. The summed E-state index contributed by atoms with van der Waals surface area (Å²) >= 11 is 0. The Bertz CT molecular complexity index is 693. The zero-order valence-electron chi connectivity index (χ0n) is 15.7. The molecule has 0 spiro atoms. The average Bonchev–Trinajstić information content (AvgIpc) is 2.45. The number of hydrogen-bond acceptors (Lipinski definition) is 3. The Balaban J connectivity index is 0.00000338. The molecule has 0 unspecified atom stereocenters. The molecule has 0 aliphatic rings. The fourth-order valence-corrected chi connectivity index (χ4v) is 3.13. The summed E-state index contributed by atoms with van der Waals surface area (Å²) in [6.45, 7) is 12.6. The summed E-state index contributed by atoms with van der Waals surface area (Å²) in [5.74, 6) is 0.593. The average molecular weight is 370 g/mol. The van der Waals surface area contributed by atoms with E-state index in [0.29, 0.717) is 11.5 Å². The predicted molar refractivity (Wildman–Crippen MR) is 109 cm³/mol. The third kappa shape index (κ3) is 6.52. The van der Waals surface area contributed by atoms with Crippen LogP contribution in [0.1, 0.15) is 52.7 Å². The van der Waals surface area contributed by atoms with Crippen molar-refractivity contribution in [2.24, 2.45) is 0 Å². The molecule has 0 amide bonds. The van der Waals surface area contributed by atoms with Crippen LogP contribution in [0.4, 0.5) is 0 Å². The molecule has 2 rings (SSSR count). The van der Waals surface area contributed by atoms with Gasteiger partial charge in [-0.15, -0.1) is 0 Å². The van der Waals surface area contributed by atoms with E-state index in [1.807, 2.05) is 24.3 Å². The summed E-state index contributed by atoms with van der Waals surface area (Å²) in [5, 5.41) is 0. The second kappa shape index (κ2) is 8.24. The molecule has 0 fully saturated rings. The molecule has 138 valence electrons. The molecule has 0 aliphatic carbocycles. The minimum atomic E-state index is -4.25. The Morgan fingerprint density at radius 3 is 1.19 bits per heavy atom. The number of phosphoric ester groups is 1. The summed E-state index contributed by atoms with van der Waals surface area (Å²) in [6.07, 6.45) is 0. The molecule has 0 aromatic heterocycles. The Morgan fingerprint density at radius 1 is 0.692 bits per heavy atom. The fourth-order valence-electron chi connectivity index (χ4n) is 2.32. The zero-order chi connectivity index (χ0) is 18.9. The van der Waals surface area contributed by atoms with E-state index in [1.165, 1.54) is 0 Å². The number of hydrogen-bond donors (Lipinski definition) is 1. The van der Waals surface area contributed by atoms with Crippen LogP contribution in [0.2, 0.25) is 0 Å². The first-order chi connectivity index (χ1) is 11.4. The molecular formula is C20H28LiO4P. The maximum absolute atomic E-state index is 12.2. The monoisotopic (exact) mass is 370 g/mol. The van der Waals surface area contributed by atoms with Crippen LogP contribution >= 0.6 is 7.82 Å². The molecule has 0 aliphatic heterocycles. The zero-order valence-corrected chi connectivity index (χ0v) is 16.6. The van der Waals surface area contributed by atoms with E-state index in [-0.39, 0.29) is 29.7 Å². The van der Waals surface area contributed by atoms with Crippen molar-refractivity contribution >= 4 is 26.7 Å². The van der Waals surface area contributed by atoms with E-state index < -0.39 is 7.82 Å². The third-order valence-corrected chi connectivity index (χ3v) is 4.77. The van der Waals surface area contributed by atoms with Gasteiger partial charge in [0.2, 0.25) is 0 Å². The predicted octanol–water partition coefficient (Wildman–Crippen LogP) is 5.19.